The van der Waals surface area contributed by atoms with Crippen LogP contribution < -0.4 is 0 Å². The van der Waals surface area contributed by atoms with Crippen LogP contribution in [-0.2, 0) is 10.0 Å². The highest BCUT2D eigenvalue weighted by atomic mass is 35.5. The Morgan fingerprint density at radius 1 is 1.19 bits per heavy atom. The zero-order chi connectivity index (χ0) is 19.9. The van der Waals surface area contributed by atoms with Crippen LogP contribution in [0, 0.1) is 16.7 Å². The maximum absolute atomic E-state index is 13.3. The normalized spacial score (nSPS) is 32.5. The number of halogens is 2. The van der Waals surface area contributed by atoms with Crippen molar-refractivity contribution in [2.24, 2.45) is 16.7 Å². The van der Waals surface area contributed by atoms with Gasteiger partial charge < -0.3 is 5.11 Å². The van der Waals surface area contributed by atoms with Gasteiger partial charge in [-0.15, -0.1) is 0 Å². The van der Waals surface area contributed by atoms with E-state index in [1.54, 1.807) is 0 Å². The van der Waals surface area contributed by atoms with Crippen molar-refractivity contribution in [2.45, 2.75) is 39.2 Å². The molecule has 3 atom stereocenters. The van der Waals surface area contributed by atoms with Gasteiger partial charge in [0.1, 0.15) is 0 Å². The van der Waals surface area contributed by atoms with E-state index in [2.05, 4.69) is 13.8 Å². The lowest BCUT2D eigenvalue weighted by Gasteiger charge is -2.37. The molecule has 2 bridgehead atoms. The third-order valence-corrected chi connectivity index (χ3v) is 9.75. The van der Waals surface area contributed by atoms with Gasteiger partial charge in [0.25, 0.3) is 5.91 Å². The van der Waals surface area contributed by atoms with Gasteiger partial charge in [0, 0.05) is 5.41 Å². The van der Waals surface area contributed by atoms with Crippen LogP contribution in [0.2, 0.25) is 10.0 Å². The number of hydrogen-bond acceptors (Lipinski definition) is 4. The molecule has 1 saturated heterocycles. The van der Waals surface area contributed by atoms with Crippen molar-refractivity contribution in [1.29, 1.82) is 0 Å². The maximum Gasteiger partial charge on any atom is 0.336 e. The van der Waals surface area contributed by atoms with Gasteiger partial charge in [-0.2, -0.15) is 0 Å². The van der Waals surface area contributed by atoms with Gasteiger partial charge in [0.05, 0.1) is 33.0 Å². The number of aromatic carboxylic acids is 1. The van der Waals surface area contributed by atoms with Gasteiger partial charge in [-0.25, -0.2) is 17.5 Å². The van der Waals surface area contributed by atoms with Gasteiger partial charge in [-0.1, -0.05) is 37.0 Å². The minimum atomic E-state index is -3.86. The highest BCUT2D eigenvalue weighted by molar-refractivity contribution is 7.90. The number of nitrogens with zero attached hydrogens (tertiary/aromatic N) is 1. The number of rotatable bonds is 2. The first kappa shape index (κ1) is 19.0. The van der Waals surface area contributed by atoms with Crippen molar-refractivity contribution in [1.82, 2.24) is 4.31 Å². The molecule has 2 saturated carbocycles. The van der Waals surface area contributed by atoms with Crippen molar-refractivity contribution >= 4 is 45.1 Å². The third-order valence-electron chi connectivity index (χ3n) is 7.13. The van der Waals surface area contributed by atoms with Gasteiger partial charge in [0.15, 0.2) is 0 Å². The summed E-state index contributed by atoms with van der Waals surface area (Å²) in [5.41, 5.74) is -1.27. The molecule has 3 aliphatic rings. The summed E-state index contributed by atoms with van der Waals surface area (Å²) < 4.78 is 26.9. The molecule has 27 heavy (non-hydrogen) atoms. The van der Waals surface area contributed by atoms with E-state index in [9.17, 15) is 23.1 Å². The summed E-state index contributed by atoms with van der Waals surface area (Å²) >= 11 is 11.9. The zero-order valence-corrected chi connectivity index (χ0v) is 17.2. The molecule has 1 heterocycles. The van der Waals surface area contributed by atoms with Crippen molar-refractivity contribution in [3.8, 4) is 0 Å². The van der Waals surface area contributed by atoms with Gasteiger partial charge >= 0.3 is 5.97 Å². The molecule has 9 heteroatoms. The fraction of sp³-hybridized carbons (Fsp3) is 0.556. The predicted octanol–water partition coefficient (Wildman–Crippen LogP) is 3.67. The molecule has 3 fully saturated rings. The molecule has 4 rings (SSSR count). The summed E-state index contributed by atoms with van der Waals surface area (Å²) in [6.07, 6.45) is 2.32. The van der Waals surface area contributed by atoms with Gasteiger partial charge in [-0.3, -0.25) is 4.79 Å². The Hall–Kier alpha value is -1.31. The van der Waals surface area contributed by atoms with Crippen molar-refractivity contribution in [3.63, 3.8) is 0 Å². The zero-order valence-electron chi connectivity index (χ0n) is 14.8. The van der Waals surface area contributed by atoms with E-state index in [0.29, 0.717) is 12.3 Å². The molecular weight excluding hydrogens is 413 g/mol. The molecular formula is C18H19Cl2NO5S. The van der Waals surface area contributed by atoms with Crippen LogP contribution in [-0.4, -0.2) is 41.5 Å². The first-order chi connectivity index (χ1) is 12.4. The summed E-state index contributed by atoms with van der Waals surface area (Å²) in [5.74, 6) is -1.93. The van der Waals surface area contributed by atoms with E-state index in [1.807, 2.05) is 0 Å². The van der Waals surface area contributed by atoms with Gasteiger partial charge in [-0.05, 0) is 42.7 Å². The minimum absolute atomic E-state index is 0.00426. The molecule has 1 N–H and O–H groups in total. The molecule has 1 spiro atoms. The number of hydrogen-bond donors (Lipinski definition) is 1. The first-order valence-electron chi connectivity index (χ1n) is 8.71. The quantitative estimate of drug-likeness (QED) is 0.770. The Morgan fingerprint density at radius 2 is 1.78 bits per heavy atom. The molecule has 146 valence electrons. The lowest BCUT2D eigenvalue weighted by atomic mass is 9.69. The van der Waals surface area contributed by atoms with Crippen LogP contribution in [0.1, 0.15) is 53.8 Å². The van der Waals surface area contributed by atoms with Crippen molar-refractivity contribution < 1.29 is 23.1 Å². The number of carboxylic acid groups (broad SMARTS) is 1. The maximum atomic E-state index is 13.3. The number of amides is 1. The third kappa shape index (κ3) is 2.34. The van der Waals surface area contributed by atoms with E-state index in [1.165, 1.54) is 0 Å². The molecule has 0 aromatic heterocycles. The largest absolute Gasteiger partial charge is 0.478 e. The molecule has 0 radical (unpaired) electrons. The van der Waals surface area contributed by atoms with E-state index < -0.39 is 33.4 Å². The van der Waals surface area contributed by atoms with Crippen LogP contribution >= 0.6 is 23.2 Å². The van der Waals surface area contributed by atoms with E-state index >= 15 is 0 Å². The van der Waals surface area contributed by atoms with Crippen LogP contribution in [0.15, 0.2) is 12.1 Å². The Labute approximate surface area is 167 Å². The van der Waals surface area contributed by atoms with Crippen molar-refractivity contribution in [2.75, 3.05) is 5.75 Å². The number of carbonyl (C=O) groups is 2. The summed E-state index contributed by atoms with van der Waals surface area (Å²) in [6.45, 7) is 4.16. The average Bonchev–Trinajstić information content (AvgIpc) is 3.03. The first-order valence-corrected chi connectivity index (χ1v) is 11.1. The van der Waals surface area contributed by atoms with E-state index in [0.717, 1.165) is 29.3 Å². The number of fused-ring (bicyclic) bond motifs is 1. The van der Waals surface area contributed by atoms with Crippen molar-refractivity contribution in [3.05, 3.63) is 33.3 Å². The fourth-order valence-electron chi connectivity index (χ4n) is 5.58. The molecule has 2 aliphatic carbocycles. The summed E-state index contributed by atoms with van der Waals surface area (Å²) in [4.78, 5) is 24.9. The predicted molar refractivity (Wildman–Crippen MR) is 101 cm³/mol. The van der Waals surface area contributed by atoms with E-state index in [4.69, 9.17) is 23.2 Å². The standard InChI is InChI=1S/C18H19Cl2NO5S/c1-17(2)9-3-4-18(17)8-27(25,26)21(14(18)5-9)15(22)10-6-12(19)13(20)7-11(10)16(23)24/h6-7,9,14H,3-5,8H2,1-2H3,(H,23,24). The Balaban J connectivity index is 1.84. The second-order valence-corrected chi connectivity index (χ2v) is 11.0. The smallest absolute Gasteiger partial charge is 0.336 e. The lowest BCUT2D eigenvalue weighted by molar-refractivity contribution is 0.0658. The van der Waals surface area contributed by atoms with Crippen LogP contribution in [0.3, 0.4) is 0 Å². The molecule has 1 aliphatic heterocycles. The highest BCUT2D eigenvalue weighted by Crippen LogP contribution is 2.70. The molecule has 1 aromatic carbocycles. The van der Waals surface area contributed by atoms with Gasteiger partial charge in [0.2, 0.25) is 10.0 Å². The van der Waals surface area contributed by atoms with Crippen LogP contribution in [0.4, 0.5) is 0 Å². The van der Waals surface area contributed by atoms with E-state index in [-0.39, 0.29) is 32.3 Å². The number of benzene rings is 1. The Bertz CT molecular complexity index is 990. The number of sulfonamides is 1. The number of carboxylic acids is 1. The summed E-state index contributed by atoms with van der Waals surface area (Å²) in [6, 6.07) is 1.79. The summed E-state index contributed by atoms with van der Waals surface area (Å²) in [5, 5.41) is 9.45. The molecule has 1 amide bonds. The molecule has 6 nitrogen and oxygen atoms in total. The second kappa shape index (κ2) is 5.61. The Kier molecular flexibility index (Phi) is 3.95. The highest BCUT2D eigenvalue weighted by Gasteiger charge is 2.72. The summed E-state index contributed by atoms with van der Waals surface area (Å²) in [7, 11) is -3.86. The minimum Gasteiger partial charge on any atom is -0.478 e. The topological polar surface area (TPSA) is 91.8 Å². The van der Waals surface area contributed by atoms with Crippen LogP contribution in [0.5, 0.6) is 0 Å². The molecule has 3 unspecified atom stereocenters. The molecule has 1 aromatic rings. The monoisotopic (exact) mass is 431 g/mol. The fourth-order valence-corrected chi connectivity index (χ4v) is 8.43. The average molecular weight is 432 g/mol. The lowest BCUT2D eigenvalue weighted by Crippen LogP contribution is -2.44. The number of carbonyl (C=O) groups excluding carboxylic acids is 1. The second-order valence-electron chi connectivity index (χ2n) is 8.34. The Morgan fingerprint density at radius 3 is 2.33 bits per heavy atom. The van der Waals surface area contributed by atoms with Crippen LogP contribution in [0.25, 0.3) is 0 Å². The SMILES string of the molecule is CC1(C)C2CCC13CS(=O)(=O)N(C(=O)c1cc(Cl)c(Cl)cc1C(=O)O)C3C2.